The van der Waals surface area contributed by atoms with E-state index in [9.17, 15) is 18.4 Å². The molecule has 3 nitrogen and oxygen atoms in total. The number of carbonyl (C=O) groups is 2. The molecule has 0 aliphatic carbocycles. The lowest BCUT2D eigenvalue weighted by Crippen LogP contribution is -2.39. The summed E-state index contributed by atoms with van der Waals surface area (Å²) in [5.41, 5.74) is 0.306. The predicted molar refractivity (Wildman–Crippen MR) is 65.6 cm³/mol. The van der Waals surface area contributed by atoms with Gasteiger partial charge in [-0.15, -0.1) is 0 Å². The Morgan fingerprint density at radius 1 is 1.21 bits per heavy atom. The molecule has 1 aliphatic rings. The summed E-state index contributed by atoms with van der Waals surface area (Å²) in [6.07, 6.45) is 0.468. The molecule has 1 aromatic rings. The molecule has 1 saturated heterocycles. The van der Waals surface area contributed by atoms with Crippen LogP contribution < -0.4 is 5.32 Å². The lowest BCUT2D eigenvalue weighted by molar-refractivity contribution is -0.134. The maximum atomic E-state index is 13.9. The summed E-state index contributed by atoms with van der Waals surface area (Å²) in [5, 5.41) is 2.18. The Morgan fingerprint density at radius 2 is 1.79 bits per heavy atom. The molecule has 19 heavy (non-hydrogen) atoms. The standard InChI is InChI=1S/C14H15F2NO2/c1-7(2)13-10(15)5-8(6-11(13)16)9-3-4-12(18)17-14(9)19/h5-7,9H,3-4H2,1-2H3,(H,17,18,19). The minimum atomic E-state index is -0.664. The summed E-state index contributed by atoms with van der Waals surface area (Å²) < 4.78 is 27.8. The van der Waals surface area contributed by atoms with Crippen LogP contribution in [0.3, 0.4) is 0 Å². The van der Waals surface area contributed by atoms with Crippen molar-refractivity contribution in [2.45, 2.75) is 38.5 Å². The van der Waals surface area contributed by atoms with E-state index >= 15 is 0 Å². The highest BCUT2D eigenvalue weighted by Crippen LogP contribution is 2.30. The van der Waals surface area contributed by atoms with Crippen LogP contribution in [0.4, 0.5) is 8.78 Å². The molecule has 1 N–H and O–H groups in total. The molecule has 1 aromatic carbocycles. The number of carbonyl (C=O) groups excluding carboxylic acids is 2. The monoisotopic (exact) mass is 267 g/mol. The largest absolute Gasteiger partial charge is 0.296 e. The van der Waals surface area contributed by atoms with Gasteiger partial charge in [-0.1, -0.05) is 13.8 Å². The lowest BCUT2D eigenvalue weighted by atomic mass is 9.88. The van der Waals surface area contributed by atoms with Crippen LogP contribution in [0.25, 0.3) is 0 Å². The topological polar surface area (TPSA) is 46.2 Å². The van der Waals surface area contributed by atoms with Gasteiger partial charge in [0.15, 0.2) is 0 Å². The van der Waals surface area contributed by atoms with E-state index in [2.05, 4.69) is 5.32 Å². The normalized spacial score (nSPS) is 19.7. The average Bonchev–Trinajstić information content (AvgIpc) is 2.26. The van der Waals surface area contributed by atoms with Crippen LogP contribution in [0, 0.1) is 11.6 Å². The van der Waals surface area contributed by atoms with E-state index in [4.69, 9.17) is 0 Å². The van der Waals surface area contributed by atoms with Crippen LogP contribution in [0.5, 0.6) is 0 Å². The van der Waals surface area contributed by atoms with Gasteiger partial charge in [-0.05, 0) is 30.0 Å². The van der Waals surface area contributed by atoms with Gasteiger partial charge in [-0.3, -0.25) is 14.9 Å². The summed E-state index contributed by atoms with van der Waals surface area (Å²) in [5.74, 6) is -3.06. The molecule has 0 saturated carbocycles. The lowest BCUT2D eigenvalue weighted by Gasteiger charge is -2.22. The summed E-state index contributed by atoms with van der Waals surface area (Å²) in [4.78, 5) is 22.7. The molecule has 2 amide bonds. The second kappa shape index (κ2) is 5.07. The number of hydrogen-bond donors (Lipinski definition) is 1. The highest BCUT2D eigenvalue weighted by atomic mass is 19.1. The zero-order valence-electron chi connectivity index (χ0n) is 10.8. The second-order valence-corrected chi connectivity index (χ2v) is 5.06. The number of piperidine rings is 1. The maximum Gasteiger partial charge on any atom is 0.234 e. The van der Waals surface area contributed by atoms with E-state index in [1.807, 2.05) is 0 Å². The van der Waals surface area contributed by atoms with E-state index < -0.39 is 23.5 Å². The van der Waals surface area contributed by atoms with Crippen LogP contribution in [-0.4, -0.2) is 11.8 Å². The molecule has 1 atom stereocenters. The predicted octanol–water partition coefficient (Wildman–Crippen LogP) is 2.61. The quantitative estimate of drug-likeness (QED) is 0.837. The van der Waals surface area contributed by atoms with Crippen molar-refractivity contribution in [3.63, 3.8) is 0 Å². The summed E-state index contributed by atoms with van der Waals surface area (Å²) in [7, 11) is 0. The number of nitrogens with one attached hydrogen (secondary N) is 1. The Morgan fingerprint density at radius 3 is 2.26 bits per heavy atom. The van der Waals surface area contributed by atoms with Crippen molar-refractivity contribution < 1.29 is 18.4 Å². The van der Waals surface area contributed by atoms with E-state index in [1.165, 1.54) is 12.1 Å². The van der Waals surface area contributed by atoms with E-state index in [-0.39, 0.29) is 35.8 Å². The van der Waals surface area contributed by atoms with Crippen LogP contribution in [0.1, 0.15) is 49.7 Å². The van der Waals surface area contributed by atoms with Crippen molar-refractivity contribution in [2.75, 3.05) is 0 Å². The summed E-state index contributed by atoms with van der Waals surface area (Å²) in [6.45, 7) is 3.40. The van der Waals surface area contributed by atoms with Gasteiger partial charge < -0.3 is 0 Å². The number of imide groups is 1. The van der Waals surface area contributed by atoms with Crippen molar-refractivity contribution in [2.24, 2.45) is 0 Å². The van der Waals surface area contributed by atoms with Gasteiger partial charge in [0.05, 0.1) is 5.92 Å². The number of hydrogen-bond acceptors (Lipinski definition) is 2. The molecule has 1 unspecified atom stereocenters. The van der Waals surface area contributed by atoms with Gasteiger partial charge in [-0.25, -0.2) is 8.78 Å². The Labute approximate surface area is 110 Å². The average molecular weight is 267 g/mol. The SMILES string of the molecule is CC(C)c1c(F)cc(C2CCC(=O)NC2=O)cc1F. The fourth-order valence-electron chi connectivity index (χ4n) is 2.37. The number of rotatable bonds is 2. The van der Waals surface area contributed by atoms with Gasteiger partial charge in [0, 0.05) is 12.0 Å². The number of halogens is 2. The van der Waals surface area contributed by atoms with Crippen LogP contribution in [-0.2, 0) is 9.59 Å². The zero-order valence-corrected chi connectivity index (χ0v) is 10.8. The number of benzene rings is 1. The Balaban J connectivity index is 2.37. The fourth-order valence-corrected chi connectivity index (χ4v) is 2.37. The Kier molecular flexibility index (Phi) is 3.64. The molecule has 0 radical (unpaired) electrons. The first-order valence-corrected chi connectivity index (χ1v) is 6.22. The first kappa shape index (κ1) is 13.6. The first-order chi connectivity index (χ1) is 8.90. The van der Waals surface area contributed by atoms with Gasteiger partial charge in [0.2, 0.25) is 11.8 Å². The van der Waals surface area contributed by atoms with E-state index in [0.29, 0.717) is 0 Å². The van der Waals surface area contributed by atoms with Gasteiger partial charge in [-0.2, -0.15) is 0 Å². The van der Waals surface area contributed by atoms with Gasteiger partial charge >= 0.3 is 0 Å². The van der Waals surface area contributed by atoms with E-state index in [0.717, 1.165) is 0 Å². The third-order valence-corrected chi connectivity index (χ3v) is 3.32. The van der Waals surface area contributed by atoms with Crippen LogP contribution in [0.15, 0.2) is 12.1 Å². The number of amides is 2. The molecule has 1 aliphatic heterocycles. The van der Waals surface area contributed by atoms with Crippen molar-refractivity contribution >= 4 is 11.8 Å². The first-order valence-electron chi connectivity index (χ1n) is 6.22. The molecule has 0 aromatic heterocycles. The second-order valence-electron chi connectivity index (χ2n) is 5.06. The molecule has 5 heteroatoms. The molecule has 0 spiro atoms. The molecule has 1 heterocycles. The zero-order chi connectivity index (χ0) is 14.2. The van der Waals surface area contributed by atoms with Crippen LogP contribution in [0.2, 0.25) is 0 Å². The van der Waals surface area contributed by atoms with Crippen LogP contribution >= 0.6 is 0 Å². The van der Waals surface area contributed by atoms with Crippen molar-refractivity contribution in [3.05, 3.63) is 34.9 Å². The molecular weight excluding hydrogens is 252 g/mol. The Bertz CT molecular complexity index is 517. The summed E-state index contributed by atoms with van der Waals surface area (Å²) >= 11 is 0. The third kappa shape index (κ3) is 2.64. The maximum absolute atomic E-state index is 13.9. The van der Waals surface area contributed by atoms with E-state index in [1.54, 1.807) is 13.8 Å². The van der Waals surface area contributed by atoms with Gasteiger partial charge in [0.25, 0.3) is 0 Å². The molecule has 102 valence electrons. The molecule has 1 fully saturated rings. The third-order valence-electron chi connectivity index (χ3n) is 3.32. The smallest absolute Gasteiger partial charge is 0.234 e. The molecule has 2 rings (SSSR count). The van der Waals surface area contributed by atoms with Crippen molar-refractivity contribution in [3.8, 4) is 0 Å². The molecular formula is C14H15F2NO2. The highest BCUT2D eigenvalue weighted by Gasteiger charge is 2.29. The van der Waals surface area contributed by atoms with Crippen molar-refractivity contribution in [1.82, 2.24) is 5.32 Å². The van der Waals surface area contributed by atoms with Crippen molar-refractivity contribution in [1.29, 1.82) is 0 Å². The summed E-state index contributed by atoms with van der Waals surface area (Å²) in [6, 6.07) is 2.39. The highest BCUT2D eigenvalue weighted by molar-refractivity contribution is 6.00. The fraction of sp³-hybridized carbons (Fsp3) is 0.429. The minimum absolute atomic E-state index is 0.0241. The Hall–Kier alpha value is -1.78. The molecule has 0 bridgehead atoms. The minimum Gasteiger partial charge on any atom is -0.296 e. The van der Waals surface area contributed by atoms with Gasteiger partial charge in [0.1, 0.15) is 11.6 Å².